The van der Waals surface area contributed by atoms with Gasteiger partial charge in [-0.05, 0) is 30.4 Å². The first-order chi connectivity index (χ1) is 8.61. The number of carboxylic acid groups (broad SMARTS) is 1. The van der Waals surface area contributed by atoms with Crippen molar-refractivity contribution in [3.63, 3.8) is 0 Å². The zero-order valence-corrected chi connectivity index (χ0v) is 10.5. The van der Waals surface area contributed by atoms with Crippen molar-refractivity contribution >= 4 is 12.0 Å². The monoisotopic (exact) mass is 248 g/mol. The van der Waals surface area contributed by atoms with Gasteiger partial charge in [-0.3, -0.25) is 4.79 Å². The molecule has 2 N–H and O–H groups in total. The number of benzene rings is 1. The van der Waals surface area contributed by atoms with Crippen molar-refractivity contribution in [2.45, 2.75) is 38.2 Å². The Balaban J connectivity index is 2.20. The van der Waals surface area contributed by atoms with Crippen LogP contribution in [0, 0.1) is 0 Å². The van der Waals surface area contributed by atoms with E-state index in [0.29, 0.717) is 6.42 Å². The quantitative estimate of drug-likeness (QED) is 0.695. The van der Waals surface area contributed by atoms with E-state index in [9.17, 15) is 9.90 Å². The van der Waals surface area contributed by atoms with E-state index in [1.54, 1.807) is 0 Å². The Kier molecular flexibility index (Phi) is 6.15. The molecule has 0 saturated heterocycles. The van der Waals surface area contributed by atoms with Crippen LogP contribution in [0.4, 0.5) is 0 Å². The summed E-state index contributed by atoms with van der Waals surface area (Å²) in [7, 11) is 0. The molecule has 3 heteroatoms. The largest absolute Gasteiger partial charge is 0.481 e. The second kappa shape index (κ2) is 7.67. The summed E-state index contributed by atoms with van der Waals surface area (Å²) < 4.78 is 0. The third-order valence-electron chi connectivity index (χ3n) is 2.88. The van der Waals surface area contributed by atoms with Crippen LogP contribution in [-0.4, -0.2) is 22.3 Å². The van der Waals surface area contributed by atoms with Crippen molar-refractivity contribution in [3.05, 3.63) is 42.0 Å². The number of unbranched alkanes of at least 4 members (excludes halogenated alkanes) is 1. The summed E-state index contributed by atoms with van der Waals surface area (Å²) in [6, 6.07) is 8.21. The number of aliphatic carboxylic acids is 1. The SMILES string of the molecule is C=Cc1ccc(CCCCC(O)CC(=O)O)cc1. The van der Waals surface area contributed by atoms with Gasteiger partial charge in [0.15, 0.2) is 0 Å². The van der Waals surface area contributed by atoms with Crippen LogP contribution in [0.25, 0.3) is 6.08 Å². The van der Waals surface area contributed by atoms with E-state index < -0.39 is 12.1 Å². The van der Waals surface area contributed by atoms with Gasteiger partial charge in [0.1, 0.15) is 0 Å². The molecule has 1 unspecified atom stereocenters. The lowest BCUT2D eigenvalue weighted by Gasteiger charge is -2.07. The minimum atomic E-state index is -0.942. The van der Waals surface area contributed by atoms with Gasteiger partial charge < -0.3 is 10.2 Å². The third-order valence-corrected chi connectivity index (χ3v) is 2.88. The van der Waals surface area contributed by atoms with E-state index in [1.807, 2.05) is 18.2 Å². The molecule has 0 fully saturated rings. The topological polar surface area (TPSA) is 57.5 Å². The first-order valence-electron chi connectivity index (χ1n) is 6.23. The van der Waals surface area contributed by atoms with Crippen LogP contribution in [0.5, 0.6) is 0 Å². The maximum absolute atomic E-state index is 10.4. The number of carboxylic acids is 1. The molecule has 1 aromatic carbocycles. The van der Waals surface area contributed by atoms with Gasteiger partial charge in [0.25, 0.3) is 0 Å². The van der Waals surface area contributed by atoms with E-state index in [-0.39, 0.29) is 6.42 Å². The molecule has 18 heavy (non-hydrogen) atoms. The predicted molar refractivity (Wildman–Crippen MR) is 72.3 cm³/mol. The molecule has 0 saturated carbocycles. The number of carbonyl (C=O) groups is 1. The van der Waals surface area contributed by atoms with Crippen LogP contribution < -0.4 is 0 Å². The second-order valence-corrected chi connectivity index (χ2v) is 4.44. The van der Waals surface area contributed by atoms with Crippen LogP contribution in [0.15, 0.2) is 30.8 Å². The van der Waals surface area contributed by atoms with Gasteiger partial charge in [-0.25, -0.2) is 0 Å². The average molecular weight is 248 g/mol. The van der Waals surface area contributed by atoms with Gasteiger partial charge in [-0.2, -0.15) is 0 Å². The molecule has 0 aliphatic carbocycles. The highest BCUT2D eigenvalue weighted by Gasteiger charge is 2.08. The molecule has 0 heterocycles. The number of hydrogen-bond acceptors (Lipinski definition) is 2. The highest BCUT2D eigenvalue weighted by atomic mass is 16.4. The van der Waals surface area contributed by atoms with Gasteiger partial charge in [-0.1, -0.05) is 43.3 Å². The van der Waals surface area contributed by atoms with Crippen molar-refractivity contribution in [1.29, 1.82) is 0 Å². The molecule has 0 spiro atoms. The summed E-state index contributed by atoms with van der Waals surface area (Å²) in [6.45, 7) is 3.70. The Morgan fingerprint density at radius 1 is 1.28 bits per heavy atom. The second-order valence-electron chi connectivity index (χ2n) is 4.44. The fourth-order valence-corrected chi connectivity index (χ4v) is 1.83. The number of aliphatic hydroxyl groups is 1. The summed E-state index contributed by atoms with van der Waals surface area (Å²) in [5.74, 6) is -0.942. The lowest BCUT2D eigenvalue weighted by molar-refractivity contribution is -0.139. The van der Waals surface area contributed by atoms with Crippen molar-refractivity contribution in [1.82, 2.24) is 0 Å². The lowest BCUT2D eigenvalue weighted by Crippen LogP contribution is -2.12. The minimum Gasteiger partial charge on any atom is -0.481 e. The summed E-state index contributed by atoms with van der Waals surface area (Å²) in [6.07, 6.45) is 4.25. The fourth-order valence-electron chi connectivity index (χ4n) is 1.83. The van der Waals surface area contributed by atoms with Crippen LogP contribution in [0.3, 0.4) is 0 Å². The predicted octanol–water partition coefficient (Wildman–Crippen LogP) is 2.88. The summed E-state index contributed by atoms with van der Waals surface area (Å²) in [5.41, 5.74) is 2.36. The van der Waals surface area contributed by atoms with E-state index in [2.05, 4.69) is 18.7 Å². The van der Waals surface area contributed by atoms with Crippen LogP contribution in [-0.2, 0) is 11.2 Å². The standard InChI is InChI=1S/C15H20O3/c1-2-12-7-9-13(10-8-12)5-3-4-6-14(16)11-15(17)18/h2,7-10,14,16H,1,3-6,11H2,(H,17,18). The first-order valence-corrected chi connectivity index (χ1v) is 6.23. The Labute approximate surface area is 108 Å². The van der Waals surface area contributed by atoms with Crippen molar-refractivity contribution in [3.8, 4) is 0 Å². The highest BCUT2D eigenvalue weighted by Crippen LogP contribution is 2.11. The number of rotatable bonds is 8. The molecule has 1 atom stereocenters. The highest BCUT2D eigenvalue weighted by molar-refractivity contribution is 5.67. The van der Waals surface area contributed by atoms with Gasteiger partial charge >= 0.3 is 5.97 Å². The summed E-state index contributed by atoms with van der Waals surface area (Å²) in [4.78, 5) is 10.4. The maximum atomic E-state index is 10.4. The van der Waals surface area contributed by atoms with E-state index in [4.69, 9.17) is 5.11 Å². The number of aryl methyl sites for hydroxylation is 1. The maximum Gasteiger partial charge on any atom is 0.305 e. The van der Waals surface area contributed by atoms with Gasteiger partial charge in [0, 0.05) is 0 Å². The zero-order chi connectivity index (χ0) is 13.4. The third kappa shape index (κ3) is 5.64. The molecule has 0 amide bonds. The molecule has 0 aliphatic rings. The number of hydrogen-bond donors (Lipinski definition) is 2. The molecule has 1 aromatic rings. The van der Waals surface area contributed by atoms with Crippen molar-refractivity contribution in [2.24, 2.45) is 0 Å². The van der Waals surface area contributed by atoms with Crippen LogP contribution in [0.1, 0.15) is 36.8 Å². The molecule has 98 valence electrons. The molecule has 0 radical (unpaired) electrons. The molecule has 3 nitrogen and oxygen atoms in total. The van der Waals surface area contributed by atoms with Gasteiger partial charge in [0.05, 0.1) is 12.5 Å². The van der Waals surface area contributed by atoms with Crippen molar-refractivity contribution < 1.29 is 15.0 Å². The smallest absolute Gasteiger partial charge is 0.305 e. The Morgan fingerprint density at radius 2 is 1.94 bits per heavy atom. The molecule has 0 aliphatic heterocycles. The minimum absolute atomic E-state index is 0.159. The summed E-state index contributed by atoms with van der Waals surface area (Å²) >= 11 is 0. The lowest BCUT2D eigenvalue weighted by atomic mass is 10.0. The normalized spacial score (nSPS) is 12.1. The zero-order valence-electron chi connectivity index (χ0n) is 10.5. The molecule has 0 bridgehead atoms. The molecular formula is C15H20O3. The molecular weight excluding hydrogens is 228 g/mol. The van der Waals surface area contributed by atoms with Gasteiger partial charge in [-0.15, -0.1) is 0 Å². The van der Waals surface area contributed by atoms with Crippen LogP contribution in [0.2, 0.25) is 0 Å². The van der Waals surface area contributed by atoms with Gasteiger partial charge in [0.2, 0.25) is 0 Å². The van der Waals surface area contributed by atoms with E-state index >= 15 is 0 Å². The Hall–Kier alpha value is -1.61. The molecule has 0 aromatic heterocycles. The summed E-state index contributed by atoms with van der Waals surface area (Å²) in [5, 5.41) is 17.9. The number of aliphatic hydroxyl groups excluding tert-OH is 1. The first kappa shape index (κ1) is 14.5. The Bertz CT molecular complexity index is 381. The van der Waals surface area contributed by atoms with Crippen molar-refractivity contribution in [2.75, 3.05) is 0 Å². The fraction of sp³-hybridized carbons (Fsp3) is 0.400. The van der Waals surface area contributed by atoms with E-state index in [1.165, 1.54) is 5.56 Å². The Morgan fingerprint density at radius 3 is 2.50 bits per heavy atom. The van der Waals surface area contributed by atoms with Crippen LogP contribution >= 0.6 is 0 Å². The molecule has 1 rings (SSSR count). The van der Waals surface area contributed by atoms with E-state index in [0.717, 1.165) is 24.8 Å². The average Bonchev–Trinajstić information content (AvgIpc) is 2.34.